The molecule has 3 aromatic rings. The maximum absolute atomic E-state index is 14.1. The van der Waals surface area contributed by atoms with Crippen molar-refractivity contribution in [1.29, 1.82) is 0 Å². The number of hydrogen-bond acceptors (Lipinski definition) is 15. The number of Topliss-reactive ketones (excluding diaryl/α,β-unsaturated/α-hetero) is 1. The number of aliphatic hydroxyl groups is 2. The first kappa shape index (κ1) is 50.7. The summed E-state index contributed by atoms with van der Waals surface area (Å²) in [4.78, 5) is 105. The van der Waals surface area contributed by atoms with E-state index in [9.17, 15) is 58.8 Å². The molecule has 68 heavy (non-hydrogen) atoms. The molecule has 0 spiro atoms. The van der Waals surface area contributed by atoms with Crippen molar-refractivity contribution in [3.8, 4) is 17.2 Å². The summed E-state index contributed by atoms with van der Waals surface area (Å²) in [6.45, 7) is 5.48. The molecule has 3 aliphatic rings. The average molecular weight is 945 g/mol. The lowest BCUT2D eigenvalue weighted by Gasteiger charge is -2.43. The zero-order valence-corrected chi connectivity index (χ0v) is 38.1. The molecule has 1 heterocycles. The summed E-state index contributed by atoms with van der Waals surface area (Å²) in [5.41, 5.74) is -3.21. The van der Waals surface area contributed by atoms with Crippen LogP contribution in [0.1, 0.15) is 114 Å². The van der Waals surface area contributed by atoms with Crippen LogP contribution in [0.15, 0.2) is 48.5 Å². The lowest BCUT2D eigenvalue weighted by atomic mass is 9.72. The van der Waals surface area contributed by atoms with E-state index in [0.29, 0.717) is 12.0 Å². The topological polar surface area (TPSA) is 314 Å². The van der Waals surface area contributed by atoms with E-state index in [-0.39, 0.29) is 47.3 Å². The molecule has 20 nitrogen and oxygen atoms in total. The van der Waals surface area contributed by atoms with Crippen LogP contribution >= 0.6 is 0 Å². The highest BCUT2D eigenvalue weighted by molar-refractivity contribution is 6.31. The van der Waals surface area contributed by atoms with Gasteiger partial charge in [-0.1, -0.05) is 62.7 Å². The number of carbonyl (C=O) groups excluding carboxylic acids is 7. The van der Waals surface area contributed by atoms with Gasteiger partial charge in [0.2, 0.25) is 29.4 Å². The smallest absolute Gasteiger partial charge is 0.303 e. The van der Waals surface area contributed by atoms with Gasteiger partial charge in [-0.15, -0.1) is 0 Å². The third-order valence-electron chi connectivity index (χ3n) is 12.8. The zero-order valence-electron chi connectivity index (χ0n) is 38.1. The molecule has 9 N–H and O–H groups in total. The summed E-state index contributed by atoms with van der Waals surface area (Å²) in [6, 6.07) is 9.52. The predicted octanol–water partition coefficient (Wildman–Crippen LogP) is 1.43. The molecule has 1 fully saturated rings. The highest BCUT2D eigenvalue weighted by Crippen LogP contribution is 2.52. The SMILES string of the molecule is CC[C@H](C)[C@H](NC(=O)CNC(=O)[C@H](Cc1ccccc1)NC(=O)CCC(=O)O)C(=O)N[C@H]1C[C@H](O[C@H]2C[C@](O)(C(C)=O)Cc3c(O)c4c(c(O)c32)C(=O)c2c(OC)cccc2C4=O)O[C@@H](C)[C@H]1O. The van der Waals surface area contributed by atoms with Crippen LogP contribution in [-0.4, -0.2) is 128 Å². The van der Waals surface area contributed by atoms with Gasteiger partial charge in [-0.3, -0.25) is 38.4 Å². The second-order valence-electron chi connectivity index (χ2n) is 17.4. The number of nitrogens with one attached hydrogen (secondary N) is 4. The first-order valence-electron chi connectivity index (χ1n) is 22.2. The van der Waals surface area contributed by atoms with Gasteiger partial charge in [0, 0.05) is 48.8 Å². The third-order valence-corrected chi connectivity index (χ3v) is 12.8. The maximum atomic E-state index is 14.1. The van der Waals surface area contributed by atoms with Gasteiger partial charge in [0.15, 0.2) is 17.9 Å². The minimum absolute atomic E-state index is 0.0311. The highest BCUT2D eigenvalue weighted by Gasteiger charge is 2.50. The predicted molar refractivity (Wildman–Crippen MR) is 238 cm³/mol. The molecule has 0 radical (unpaired) electrons. The Morgan fingerprint density at radius 2 is 1.59 bits per heavy atom. The number of fused-ring (bicyclic) bond motifs is 3. The van der Waals surface area contributed by atoms with Crippen LogP contribution in [0.5, 0.6) is 17.2 Å². The van der Waals surface area contributed by atoms with Crippen molar-refractivity contribution in [3.05, 3.63) is 87.5 Å². The third kappa shape index (κ3) is 10.7. The largest absolute Gasteiger partial charge is 0.507 e. The highest BCUT2D eigenvalue weighted by atomic mass is 16.7. The molecule has 2 aliphatic carbocycles. The fourth-order valence-electron chi connectivity index (χ4n) is 8.80. The van der Waals surface area contributed by atoms with Crippen molar-refractivity contribution in [2.75, 3.05) is 13.7 Å². The van der Waals surface area contributed by atoms with E-state index in [0.717, 1.165) is 6.92 Å². The second-order valence-corrected chi connectivity index (χ2v) is 17.4. The van der Waals surface area contributed by atoms with Crippen LogP contribution in [0.25, 0.3) is 0 Å². The Kier molecular flexibility index (Phi) is 15.7. The molecule has 6 rings (SSSR count). The van der Waals surface area contributed by atoms with Gasteiger partial charge < -0.3 is 61.0 Å². The summed E-state index contributed by atoms with van der Waals surface area (Å²) < 4.78 is 17.7. The molecular weight excluding hydrogens is 889 g/mol. The Labute approximate surface area is 390 Å². The summed E-state index contributed by atoms with van der Waals surface area (Å²) in [5.74, 6) is -8.38. The maximum Gasteiger partial charge on any atom is 0.303 e. The summed E-state index contributed by atoms with van der Waals surface area (Å²) in [7, 11) is 1.30. The number of methoxy groups -OCH3 is 1. The minimum Gasteiger partial charge on any atom is -0.507 e. The fourth-order valence-corrected chi connectivity index (χ4v) is 8.80. The van der Waals surface area contributed by atoms with Gasteiger partial charge in [0.05, 0.1) is 55.0 Å². The van der Waals surface area contributed by atoms with Gasteiger partial charge in [-0.2, -0.15) is 0 Å². The Hall–Kier alpha value is -6.74. The van der Waals surface area contributed by atoms with Crippen LogP contribution in [0.2, 0.25) is 0 Å². The van der Waals surface area contributed by atoms with Crippen LogP contribution < -0.4 is 26.0 Å². The lowest BCUT2D eigenvalue weighted by Crippen LogP contribution is -2.60. The van der Waals surface area contributed by atoms with Crippen molar-refractivity contribution in [2.24, 2.45) is 5.92 Å². The number of hydrogen-bond donors (Lipinski definition) is 9. The number of aromatic hydroxyl groups is 2. The number of benzene rings is 3. The van der Waals surface area contributed by atoms with Crippen LogP contribution in [0, 0.1) is 5.92 Å². The summed E-state index contributed by atoms with van der Waals surface area (Å²) in [6.07, 6.45) is -6.88. The van der Waals surface area contributed by atoms with E-state index in [1.54, 1.807) is 44.2 Å². The molecule has 364 valence electrons. The van der Waals surface area contributed by atoms with Gasteiger partial charge >= 0.3 is 5.97 Å². The van der Waals surface area contributed by atoms with Gasteiger partial charge in [0.25, 0.3) is 0 Å². The van der Waals surface area contributed by atoms with Gasteiger partial charge in [-0.25, -0.2) is 0 Å². The number of phenolic OH excluding ortho intramolecular Hbond substituents is 2. The Balaban J connectivity index is 1.19. The number of aliphatic hydroxyl groups excluding tert-OH is 1. The Bertz CT molecular complexity index is 2500. The number of carboxylic acid groups (broad SMARTS) is 1. The number of aliphatic carboxylic acids is 1. The van der Waals surface area contributed by atoms with Crippen molar-refractivity contribution >= 4 is 46.9 Å². The van der Waals surface area contributed by atoms with Crippen molar-refractivity contribution in [3.63, 3.8) is 0 Å². The molecule has 0 saturated carbocycles. The van der Waals surface area contributed by atoms with E-state index in [1.807, 2.05) is 0 Å². The number of rotatable bonds is 18. The second kappa shape index (κ2) is 21.1. The minimum atomic E-state index is -2.19. The van der Waals surface area contributed by atoms with E-state index >= 15 is 0 Å². The number of carbonyl (C=O) groups is 8. The number of ketones is 3. The van der Waals surface area contributed by atoms with Crippen molar-refractivity contribution in [1.82, 2.24) is 21.3 Å². The first-order chi connectivity index (χ1) is 32.2. The molecule has 1 aliphatic heterocycles. The van der Waals surface area contributed by atoms with E-state index in [2.05, 4.69) is 21.3 Å². The Morgan fingerprint density at radius 1 is 0.897 bits per heavy atom. The number of phenols is 2. The molecule has 0 bridgehead atoms. The summed E-state index contributed by atoms with van der Waals surface area (Å²) in [5, 5.41) is 65.9. The standard InChI is InChI=1S/C48H56N4O16/c1-6-22(2)40(52-33(55)21-49-46(63)29(17-25-11-8-7-9-12-25)50-32(54)15-16-34(56)57)47(64)51-28-18-35(67-23(3)41(28)58)68-31-20-48(65,24(4)53)19-27-37(31)45(62)39-38(43(27)60)42(59)26-13-10-14-30(66-5)36(26)44(39)61/h7-14,22-23,28-29,31,35,40-41,58,60,62,65H,6,15-21H2,1-5H3,(H,49,63)(H,50,54)(H,51,64)(H,52,55)(H,56,57)/t22-,23-,28-,29-,31-,35-,40-,41+,48-/m0/s1. The lowest BCUT2D eigenvalue weighted by molar-refractivity contribution is -0.249. The molecule has 1 saturated heterocycles. The molecule has 3 aromatic carbocycles. The normalized spacial score (nSPS) is 23.1. The van der Waals surface area contributed by atoms with E-state index in [4.69, 9.17) is 19.3 Å². The molecule has 4 amide bonds. The average Bonchev–Trinajstić information content (AvgIpc) is 3.30. The number of carboxylic acids is 1. The van der Waals surface area contributed by atoms with E-state index in [1.165, 1.54) is 32.2 Å². The number of amides is 4. The quantitative estimate of drug-likeness (QED) is 0.0637. The van der Waals surface area contributed by atoms with Crippen LogP contribution in [0.3, 0.4) is 0 Å². The van der Waals surface area contributed by atoms with Crippen LogP contribution in [0.4, 0.5) is 0 Å². The molecule has 9 atom stereocenters. The molecular formula is C48H56N4O16. The van der Waals surface area contributed by atoms with Crippen molar-refractivity contribution < 1.29 is 78.1 Å². The van der Waals surface area contributed by atoms with Gasteiger partial charge in [0.1, 0.15) is 41.0 Å². The van der Waals surface area contributed by atoms with E-state index < -0.39 is 150 Å². The van der Waals surface area contributed by atoms with Gasteiger partial charge in [-0.05, 0) is 31.4 Å². The summed E-state index contributed by atoms with van der Waals surface area (Å²) >= 11 is 0. The molecule has 0 aromatic heterocycles. The number of ether oxygens (including phenoxy) is 3. The zero-order chi connectivity index (χ0) is 49.8. The monoisotopic (exact) mass is 944 g/mol. The first-order valence-corrected chi connectivity index (χ1v) is 22.2. The molecule has 20 heteroatoms. The van der Waals surface area contributed by atoms with Crippen molar-refractivity contribution in [2.45, 2.75) is 121 Å². The fraction of sp³-hybridized carbons (Fsp3) is 0.458. The molecule has 0 unspecified atom stereocenters. The van der Waals surface area contributed by atoms with Crippen LogP contribution in [-0.2, 0) is 51.1 Å². The Morgan fingerprint density at radius 3 is 2.24 bits per heavy atom.